The standard InChI is InChI=1S/C17H22N4O/c1-2-18-16-17(20-9-8-19-16)21-10-14(12-22)15(11-21)13-6-4-3-5-7-13/h3-9,14-15,22H,2,10-12H2,1H3,(H,18,19)/t14-,15-/m0/s1. The van der Waals surface area contributed by atoms with Gasteiger partial charge in [0.15, 0.2) is 11.6 Å². The van der Waals surface area contributed by atoms with E-state index in [2.05, 4.69) is 44.5 Å². The maximum absolute atomic E-state index is 9.76. The molecule has 0 amide bonds. The largest absolute Gasteiger partial charge is 0.396 e. The number of hydrogen-bond acceptors (Lipinski definition) is 5. The van der Waals surface area contributed by atoms with Crippen LogP contribution in [-0.4, -0.2) is 41.3 Å². The van der Waals surface area contributed by atoms with E-state index in [4.69, 9.17) is 0 Å². The Morgan fingerprint density at radius 1 is 1.18 bits per heavy atom. The lowest BCUT2D eigenvalue weighted by Crippen LogP contribution is -2.23. The highest BCUT2D eigenvalue weighted by Gasteiger charge is 2.34. The monoisotopic (exact) mass is 298 g/mol. The smallest absolute Gasteiger partial charge is 0.171 e. The van der Waals surface area contributed by atoms with Crippen molar-refractivity contribution in [1.82, 2.24) is 9.97 Å². The van der Waals surface area contributed by atoms with Gasteiger partial charge in [-0.25, -0.2) is 9.97 Å². The molecule has 0 spiro atoms. The van der Waals surface area contributed by atoms with E-state index in [-0.39, 0.29) is 12.5 Å². The van der Waals surface area contributed by atoms with Crippen LogP contribution >= 0.6 is 0 Å². The summed E-state index contributed by atoms with van der Waals surface area (Å²) in [5.41, 5.74) is 1.28. The van der Waals surface area contributed by atoms with Crippen molar-refractivity contribution < 1.29 is 5.11 Å². The van der Waals surface area contributed by atoms with E-state index in [1.54, 1.807) is 12.4 Å². The summed E-state index contributed by atoms with van der Waals surface area (Å²) < 4.78 is 0. The summed E-state index contributed by atoms with van der Waals surface area (Å²) in [5.74, 6) is 2.23. The highest BCUT2D eigenvalue weighted by atomic mass is 16.3. The Hall–Kier alpha value is -2.14. The average Bonchev–Trinajstić information content (AvgIpc) is 3.01. The van der Waals surface area contributed by atoms with Crippen molar-refractivity contribution >= 4 is 11.6 Å². The Morgan fingerprint density at radius 2 is 1.95 bits per heavy atom. The lowest BCUT2D eigenvalue weighted by molar-refractivity contribution is 0.227. The van der Waals surface area contributed by atoms with Gasteiger partial charge in [0.1, 0.15) is 0 Å². The van der Waals surface area contributed by atoms with Gasteiger partial charge in [0, 0.05) is 50.5 Å². The molecule has 1 aromatic carbocycles. The van der Waals surface area contributed by atoms with Crippen molar-refractivity contribution in [2.75, 3.05) is 36.5 Å². The van der Waals surface area contributed by atoms with Crippen LogP contribution in [0.15, 0.2) is 42.7 Å². The number of rotatable bonds is 5. The number of hydrogen-bond donors (Lipinski definition) is 2. The summed E-state index contributed by atoms with van der Waals surface area (Å²) in [5, 5.41) is 13.0. The van der Waals surface area contributed by atoms with Gasteiger partial charge in [-0.1, -0.05) is 30.3 Å². The summed E-state index contributed by atoms with van der Waals surface area (Å²) >= 11 is 0. The zero-order valence-corrected chi connectivity index (χ0v) is 12.8. The number of anilines is 2. The fourth-order valence-electron chi connectivity index (χ4n) is 3.16. The molecule has 0 unspecified atom stereocenters. The van der Waals surface area contributed by atoms with Crippen LogP contribution < -0.4 is 10.2 Å². The number of aliphatic hydroxyl groups excluding tert-OH is 1. The molecule has 5 heteroatoms. The van der Waals surface area contributed by atoms with Crippen LogP contribution in [-0.2, 0) is 0 Å². The van der Waals surface area contributed by atoms with Crippen molar-refractivity contribution in [2.24, 2.45) is 5.92 Å². The molecule has 5 nitrogen and oxygen atoms in total. The van der Waals surface area contributed by atoms with Gasteiger partial charge in [0.2, 0.25) is 0 Å². The molecule has 22 heavy (non-hydrogen) atoms. The Labute approximate surface area is 131 Å². The van der Waals surface area contributed by atoms with Crippen molar-refractivity contribution in [3.63, 3.8) is 0 Å². The Balaban J connectivity index is 1.86. The van der Waals surface area contributed by atoms with Crippen molar-refractivity contribution in [1.29, 1.82) is 0 Å². The first-order valence-electron chi connectivity index (χ1n) is 7.79. The molecule has 0 bridgehead atoms. The molecule has 0 saturated carbocycles. The molecule has 2 N–H and O–H groups in total. The maximum atomic E-state index is 9.76. The molecule has 1 aromatic heterocycles. The molecule has 3 rings (SSSR count). The molecule has 0 aliphatic carbocycles. The third-order valence-corrected chi connectivity index (χ3v) is 4.23. The summed E-state index contributed by atoms with van der Waals surface area (Å²) in [4.78, 5) is 11.1. The second-order valence-electron chi connectivity index (χ2n) is 5.62. The van der Waals surface area contributed by atoms with Crippen molar-refractivity contribution in [3.05, 3.63) is 48.3 Å². The van der Waals surface area contributed by atoms with Crippen molar-refractivity contribution in [3.8, 4) is 0 Å². The first-order valence-corrected chi connectivity index (χ1v) is 7.79. The highest BCUT2D eigenvalue weighted by molar-refractivity contribution is 5.61. The van der Waals surface area contributed by atoms with E-state index in [0.29, 0.717) is 5.92 Å². The number of aliphatic hydroxyl groups is 1. The van der Waals surface area contributed by atoms with Crippen LogP contribution in [0.1, 0.15) is 18.4 Å². The van der Waals surface area contributed by atoms with Crippen LogP contribution in [0.25, 0.3) is 0 Å². The molecular formula is C17H22N4O. The minimum atomic E-state index is 0.187. The molecule has 1 aliphatic rings. The Morgan fingerprint density at radius 3 is 2.68 bits per heavy atom. The molecule has 1 saturated heterocycles. The van der Waals surface area contributed by atoms with Gasteiger partial charge in [-0.15, -0.1) is 0 Å². The van der Waals surface area contributed by atoms with E-state index in [0.717, 1.165) is 31.3 Å². The quantitative estimate of drug-likeness (QED) is 0.885. The number of nitrogens with zero attached hydrogens (tertiary/aromatic N) is 3. The van der Waals surface area contributed by atoms with Crippen LogP contribution in [0.4, 0.5) is 11.6 Å². The van der Waals surface area contributed by atoms with E-state index < -0.39 is 0 Å². The van der Waals surface area contributed by atoms with E-state index in [1.165, 1.54) is 5.56 Å². The molecule has 2 aromatic rings. The fraction of sp³-hybridized carbons (Fsp3) is 0.412. The molecule has 1 aliphatic heterocycles. The molecule has 1 fully saturated rings. The molecule has 2 atom stereocenters. The number of nitrogens with one attached hydrogen (secondary N) is 1. The van der Waals surface area contributed by atoms with E-state index in [9.17, 15) is 5.11 Å². The summed E-state index contributed by atoms with van der Waals surface area (Å²) in [7, 11) is 0. The van der Waals surface area contributed by atoms with Gasteiger partial charge in [-0.3, -0.25) is 0 Å². The SMILES string of the molecule is CCNc1nccnc1N1C[C@@H](CO)[C@H](c2ccccc2)C1. The van der Waals surface area contributed by atoms with Crippen molar-refractivity contribution in [2.45, 2.75) is 12.8 Å². The predicted octanol–water partition coefficient (Wildman–Crippen LogP) is 2.12. The lowest BCUT2D eigenvalue weighted by Gasteiger charge is -2.20. The van der Waals surface area contributed by atoms with Gasteiger partial charge in [0.05, 0.1) is 0 Å². The first-order chi connectivity index (χ1) is 10.8. The van der Waals surface area contributed by atoms with Crippen LogP contribution in [0.2, 0.25) is 0 Å². The summed E-state index contributed by atoms with van der Waals surface area (Å²) in [6.45, 7) is 4.70. The van der Waals surface area contributed by atoms with E-state index in [1.807, 2.05) is 13.0 Å². The number of aromatic nitrogens is 2. The second kappa shape index (κ2) is 6.75. The Bertz CT molecular complexity index is 605. The predicted molar refractivity (Wildman–Crippen MR) is 88.2 cm³/mol. The fourth-order valence-corrected chi connectivity index (χ4v) is 3.16. The minimum Gasteiger partial charge on any atom is -0.396 e. The van der Waals surface area contributed by atoms with Gasteiger partial charge in [-0.2, -0.15) is 0 Å². The average molecular weight is 298 g/mol. The number of benzene rings is 1. The zero-order valence-electron chi connectivity index (χ0n) is 12.8. The molecule has 2 heterocycles. The maximum Gasteiger partial charge on any atom is 0.171 e. The van der Waals surface area contributed by atoms with Crippen LogP contribution in [0, 0.1) is 5.92 Å². The minimum absolute atomic E-state index is 0.187. The Kier molecular flexibility index (Phi) is 4.53. The molecule has 116 valence electrons. The van der Waals surface area contributed by atoms with E-state index >= 15 is 0 Å². The van der Waals surface area contributed by atoms with Gasteiger partial charge >= 0.3 is 0 Å². The topological polar surface area (TPSA) is 61.3 Å². The van der Waals surface area contributed by atoms with Crippen LogP contribution in [0.3, 0.4) is 0 Å². The van der Waals surface area contributed by atoms with Crippen LogP contribution in [0.5, 0.6) is 0 Å². The summed E-state index contributed by atoms with van der Waals surface area (Å²) in [6.07, 6.45) is 3.43. The summed E-state index contributed by atoms with van der Waals surface area (Å²) in [6, 6.07) is 10.4. The molecule has 0 radical (unpaired) electrons. The third kappa shape index (κ3) is 2.90. The zero-order chi connectivity index (χ0) is 15.4. The first kappa shape index (κ1) is 14.8. The second-order valence-corrected chi connectivity index (χ2v) is 5.62. The van der Waals surface area contributed by atoms with Gasteiger partial charge < -0.3 is 15.3 Å². The molecular weight excluding hydrogens is 276 g/mol. The normalized spacial score (nSPS) is 21.1. The van der Waals surface area contributed by atoms with Gasteiger partial charge in [-0.05, 0) is 12.5 Å². The van der Waals surface area contributed by atoms with Gasteiger partial charge in [0.25, 0.3) is 0 Å². The highest BCUT2D eigenvalue weighted by Crippen LogP contribution is 2.36. The third-order valence-electron chi connectivity index (χ3n) is 4.23. The lowest BCUT2D eigenvalue weighted by atomic mass is 9.90.